The molecule has 186 valence electrons. The summed E-state index contributed by atoms with van der Waals surface area (Å²) in [5.41, 5.74) is 6.30. The van der Waals surface area contributed by atoms with E-state index in [9.17, 15) is 0 Å². The predicted molar refractivity (Wildman–Crippen MR) is 164 cm³/mol. The molecule has 0 spiro atoms. The highest BCUT2D eigenvalue weighted by molar-refractivity contribution is 6.32. The molecular formula is C36H32N2. The molecule has 7 rings (SSSR count). The van der Waals surface area contributed by atoms with Crippen LogP contribution in [0.5, 0.6) is 0 Å². The van der Waals surface area contributed by atoms with Crippen LogP contribution in [-0.4, -0.2) is 9.55 Å². The van der Waals surface area contributed by atoms with Gasteiger partial charge in [0.1, 0.15) is 5.82 Å². The number of hydrogen-bond acceptors (Lipinski definition) is 1. The normalized spacial score (nSPS) is 12.3. The van der Waals surface area contributed by atoms with Gasteiger partial charge in [0.25, 0.3) is 0 Å². The summed E-state index contributed by atoms with van der Waals surface area (Å²) < 4.78 is 2.35. The minimum Gasteiger partial charge on any atom is -0.327 e. The van der Waals surface area contributed by atoms with Crippen LogP contribution in [0.1, 0.15) is 50.7 Å². The summed E-state index contributed by atoms with van der Waals surface area (Å²) in [6.45, 7) is 9.14. The minimum absolute atomic E-state index is 0.411. The van der Waals surface area contributed by atoms with Gasteiger partial charge in [-0.2, -0.15) is 0 Å². The fraction of sp³-hybridized carbons (Fsp3) is 0.194. The van der Waals surface area contributed by atoms with Crippen molar-refractivity contribution in [2.75, 3.05) is 0 Å². The smallest absolute Gasteiger partial charge is 0.141 e. The number of aryl methyl sites for hydroxylation is 1. The highest BCUT2D eigenvalue weighted by atomic mass is 15.1. The number of fused-ring (bicyclic) bond motifs is 10. The first kappa shape index (κ1) is 23.0. The van der Waals surface area contributed by atoms with E-state index >= 15 is 0 Å². The van der Waals surface area contributed by atoms with Gasteiger partial charge in [-0.05, 0) is 55.3 Å². The van der Waals surface area contributed by atoms with E-state index in [1.165, 1.54) is 65.3 Å². The lowest BCUT2D eigenvalue weighted by molar-refractivity contribution is 0.828. The van der Waals surface area contributed by atoms with Crippen molar-refractivity contribution in [3.05, 3.63) is 102 Å². The molecule has 38 heavy (non-hydrogen) atoms. The third kappa shape index (κ3) is 3.16. The molecule has 0 aliphatic rings. The van der Waals surface area contributed by atoms with Gasteiger partial charge in [0, 0.05) is 23.4 Å². The summed E-state index contributed by atoms with van der Waals surface area (Å²) in [5, 5.41) is 10.2. The molecule has 0 fully saturated rings. The van der Waals surface area contributed by atoms with E-state index in [2.05, 4.69) is 130 Å². The van der Waals surface area contributed by atoms with Crippen molar-refractivity contribution >= 4 is 54.1 Å². The summed E-state index contributed by atoms with van der Waals surface area (Å²) in [6.07, 6.45) is 0. The molecule has 1 aromatic heterocycles. The summed E-state index contributed by atoms with van der Waals surface area (Å²) in [6, 6.07) is 33.5. The summed E-state index contributed by atoms with van der Waals surface area (Å²) in [4.78, 5) is 5.44. The van der Waals surface area contributed by atoms with Crippen molar-refractivity contribution in [2.45, 2.75) is 39.5 Å². The molecule has 0 bridgehead atoms. The van der Waals surface area contributed by atoms with Crippen LogP contribution in [0.4, 0.5) is 0 Å². The molecule has 6 aromatic carbocycles. The molecular weight excluding hydrogens is 460 g/mol. The van der Waals surface area contributed by atoms with Crippen molar-refractivity contribution in [1.82, 2.24) is 9.55 Å². The van der Waals surface area contributed by atoms with E-state index in [1.807, 2.05) is 0 Å². The Morgan fingerprint density at radius 3 is 1.84 bits per heavy atom. The van der Waals surface area contributed by atoms with Gasteiger partial charge in [-0.1, -0.05) is 119 Å². The zero-order valence-electron chi connectivity index (χ0n) is 22.7. The second-order valence-electron chi connectivity index (χ2n) is 11.2. The minimum atomic E-state index is 0.411. The van der Waals surface area contributed by atoms with Crippen LogP contribution in [0.3, 0.4) is 0 Å². The van der Waals surface area contributed by atoms with Crippen molar-refractivity contribution in [3.8, 4) is 11.4 Å². The summed E-state index contributed by atoms with van der Waals surface area (Å²) >= 11 is 0. The van der Waals surface area contributed by atoms with E-state index < -0.39 is 0 Å². The first-order valence-electron chi connectivity index (χ1n) is 13.7. The van der Waals surface area contributed by atoms with Gasteiger partial charge in [0.15, 0.2) is 0 Å². The Labute approximate surface area is 223 Å². The molecule has 2 nitrogen and oxygen atoms in total. The van der Waals surface area contributed by atoms with Crippen molar-refractivity contribution < 1.29 is 0 Å². The van der Waals surface area contributed by atoms with Gasteiger partial charge in [0.2, 0.25) is 0 Å². The zero-order chi connectivity index (χ0) is 26.1. The fourth-order valence-electron chi connectivity index (χ4n) is 6.51. The summed E-state index contributed by atoms with van der Waals surface area (Å²) in [5.74, 6) is 1.88. The maximum Gasteiger partial charge on any atom is 0.141 e. The van der Waals surface area contributed by atoms with E-state index in [-0.39, 0.29) is 0 Å². The Morgan fingerprint density at radius 1 is 0.553 bits per heavy atom. The van der Waals surface area contributed by atoms with Gasteiger partial charge >= 0.3 is 0 Å². The predicted octanol–water partition coefficient (Wildman–Crippen LogP) is 10.1. The van der Waals surface area contributed by atoms with Crippen molar-refractivity contribution in [2.24, 2.45) is 7.05 Å². The second-order valence-corrected chi connectivity index (χ2v) is 11.2. The number of benzene rings is 6. The van der Waals surface area contributed by atoms with E-state index in [0.717, 1.165) is 11.3 Å². The standard InChI is InChI=1S/C36H32N2/c1-21(2)24-15-10-16-25(22(3)4)33(24)36-37-34-30-14-9-8-13-28(30)32-29-18-17-23-11-6-7-12-26(23)27(29)19-20-31(32)35(34)38(36)5/h6-22H,1-5H3. The number of imidazole rings is 1. The average Bonchev–Trinajstić information content (AvgIpc) is 3.29. The second kappa shape index (κ2) is 8.43. The molecule has 0 N–H and O–H groups in total. The SMILES string of the molecule is CC(C)c1cccc(C(C)C)c1-c1nc2c3ccccc3c3c4ccc5ccccc5c4ccc3c2n1C. The number of aromatic nitrogens is 2. The van der Waals surface area contributed by atoms with Gasteiger partial charge in [0.05, 0.1) is 11.0 Å². The van der Waals surface area contributed by atoms with Crippen LogP contribution in [0.25, 0.3) is 65.5 Å². The van der Waals surface area contributed by atoms with Crippen molar-refractivity contribution in [1.29, 1.82) is 0 Å². The Kier molecular flexibility index (Phi) is 5.10. The first-order chi connectivity index (χ1) is 18.5. The molecule has 2 heteroatoms. The Bertz CT molecular complexity index is 2010. The maximum atomic E-state index is 5.44. The van der Waals surface area contributed by atoms with E-state index in [0.29, 0.717) is 11.8 Å². The van der Waals surface area contributed by atoms with Gasteiger partial charge in [-0.3, -0.25) is 0 Å². The number of rotatable bonds is 3. The molecule has 0 aliphatic heterocycles. The van der Waals surface area contributed by atoms with Crippen molar-refractivity contribution in [3.63, 3.8) is 0 Å². The molecule has 0 aliphatic carbocycles. The molecule has 0 saturated heterocycles. The number of hydrogen-bond donors (Lipinski definition) is 0. The maximum absolute atomic E-state index is 5.44. The van der Waals surface area contributed by atoms with Crippen LogP contribution in [0.2, 0.25) is 0 Å². The lowest BCUT2D eigenvalue weighted by atomic mass is 9.88. The lowest BCUT2D eigenvalue weighted by Gasteiger charge is -2.19. The topological polar surface area (TPSA) is 17.8 Å². The Balaban J connectivity index is 1.69. The molecule has 0 amide bonds. The van der Waals surface area contributed by atoms with E-state index in [1.54, 1.807) is 0 Å². The third-order valence-corrected chi connectivity index (χ3v) is 8.32. The average molecular weight is 493 g/mol. The van der Waals surface area contributed by atoms with Gasteiger partial charge in [-0.15, -0.1) is 0 Å². The zero-order valence-corrected chi connectivity index (χ0v) is 22.7. The van der Waals surface area contributed by atoms with Gasteiger partial charge < -0.3 is 4.57 Å². The van der Waals surface area contributed by atoms with Crippen LogP contribution in [0.15, 0.2) is 91.0 Å². The molecule has 0 radical (unpaired) electrons. The van der Waals surface area contributed by atoms with Crippen LogP contribution < -0.4 is 0 Å². The van der Waals surface area contributed by atoms with Crippen LogP contribution in [0, 0.1) is 0 Å². The van der Waals surface area contributed by atoms with Crippen LogP contribution >= 0.6 is 0 Å². The highest BCUT2D eigenvalue weighted by Gasteiger charge is 2.23. The summed E-state index contributed by atoms with van der Waals surface area (Å²) in [7, 11) is 2.20. The largest absolute Gasteiger partial charge is 0.327 e. The third-order valence-electron chi connectivity index (χ3n) is 8.32. The van der Waals surface area contributed by atoms with Crippen LogP contribution in [-0.2, 0) is 7.05 Å². The monoisotopic (exact) mass is 492 g/mol. The lowest BCUT2D eigenvalue weighted by Crippen LogP contribution is -2.04. The Morgan fingerprint density at radius 2 is 1.13 bits per heavy atom. The highest BCUT2D eigenvalue weighted by Crippen LogP contribution is 2.43. The molecule has 7 aromatic rings. The quantitative estimate of drug-likeness (QED) is 0.224. The molecule has 1 heterocycles. The molecule has 0 unspecified atom stereocenters. The van der Waals surface area contributed by atoms with E-state index in [4.69, 9.17) is 4.98 Å². The first-order valence-corrected chi connectivity index (χ1v) is 13.7. The number of nitrogens with zero attached hydrogens (tertiary/aromatic N) is 2. The fourth-order valence-corrected chi connectivity index (χ4v) is 6.51. The molecule has 0 atom stereocenters. The Hall–Kier alpha value is -4.17. The van der Waals surface area contributed by atoms with Gasteiger partial charge in [-0.25, -0.2) is 4.98 Å². The molecule has 0 saturated carbocycles.